The maximum atomic E-state index is 13.8. The van der Waals surface area contributed by atoms with Gasteiger partial charge in [-0.1, -0.05) is 25.1 Å². The number of anilines is 1. The average molecular weight is 346 g/mol. The Morgan fingerprint density at radius 3 is 2.76 bits per heavy atom. The number of aliphatic imine (C=N–C) groups is 1. The average Bonchev–Trinajstić information content (AvgIpc) is 3.21. The Morgan fingerprint density at radius 2 is 2.16 bits per heavy atom. The first-order chi connectivity index (χ1) is 11.8. The van der Waals surface area contributed by atoms with Gasteiger partial charge in [0.15, 0.2) is 0 Å². The van der Waals surface area contributed by atoms with Crippen molar-refractivity contribution in [2.75, 3.05) is 5.73 Å². The van der Waals surface area contributed by atoms with Crippen molar-refractivity contribution < 1.29 is 8.78 Å². The Kier molecular flexibility index (Phi) is 4.41. The van der Waals surface area contributed by atoms with Crippen molar-refractivity contribution in [3.05, 3.63) is 57.8 Å². The van der Waals surface area contributed by atoms with Crippen molar-refractivity contribution in [1.82, 2.24) is 9.78 Å². The van der Waals surface area contributed by atoms with E-state index in [1.807, 2.05) is 6.92 Å². The summed E-state index contributed by atoms with van der Waals surface area (Å²) in [6, 6.07) is 5.80. The predicted octanol–water partition coefficient (Wildman–Crippen LogP) is 3.04. The molecule has 0 bridgehead atoms. The maximum absolute atomic E-state index is 13.8. The molecule has 1 saturated carbocycles. The molecule has 1 heterocycles. The van der Waals surface area contributed by atoms with E-state index in [2.05, 4.69) is 10.1 Å². The second-order valence-corrected chi connectivity index (χ2v) is 6.43. The van der Waals surface area contributed by atoms with Crippen LogP contribution >= 0.6 is 0 Å². The van der Waals surface area contributed by atoms with Crippen LogP contribution in [-0.2, 0) is 6.54 Å². The van der Waals surface area contributed by atoms with Gasteiger partial charge in [-0.3, -0.25) is 9.79 Å². The first-order valence-electron chi connectivity index (χ1n) is 8.18. The quantitative estimate of drug-likeness (QED) is 0.846. The fourth-order valence-corrected chi connectivity index (χ4v) is 2.79. The molecule has 1 fully saturated rings. The maximum Gasteiger partial charge on any atom is 0.290 e. The SMILES string of the molecule is CCC(=NCc1ccccc1F)c1cnn(C2CC2(C)F)c(=O)c1N. The summed E-state index contributed by atoms with van der Waals surface area (Å²) in [6.45, 7) is 3.44. The highest BCUT2D eigenvalue weighted by Gasteiger charge is 2.54. The second-order valence-electron chi connectivity index (χ2n) is 6.43. The number of alkyl halides is 1. The summed E-state index contributed by atoms with van der Waals surface area (Å²) in [5.41, 5.74) is 5.46. The molecule has 1 aliphatic carbocycles. The lowest BCUT2D eigenvalue weighted by molar-refractivity contribution is 0.298. The molecule has 2 aromatic rings. The third-order valence-corrected chi connectivity index (χ3v) is 4.51. The standard InChI is InChI=1S/C18H20F2N4O/c1-3-14(22-9-11-6-4-5-7-13(11)19)12-10-23-24(17(25)16(12)21)15-8-18(15,2)20/h4-7,10,15H,3,8-9,21H2,1-2H3. The summed E-state index contributed by atoms with van der Waals surface area (Å²) in [5.74, 6) is -0.334. The lowest BCUT2D eigenvalue weighted by Gasteiger charge is -2.11. The van der Waals surface area contributed by atoms with Gasteiger partial charge in [0.1, 0.15) is 17.2 Å². The molecule has 0 saturated heterocycles. The van der Waals surface area contributed by atoms with Gasteiger partial charge in [0.05, 0.1) is 18.8 Å². The zero-order valence-corrected chi connectivity index (χ0v) is 14.2. The van der Waals surface area contributed by atoms with Gasteiger partial charge in [-0.15, -0.1) is 0 Å². The Labute approximate surface area is 144 Å². The number of hydrogen-bond donors (Lipinski definition) is 1. The fraction of sp³-hybridized carbons (Fsp3) is 0.389. The van der Waals surface area contributed by atoms with Gasteiger partial charge in [-0.25, -0.2) is 13.5 Å². The van der Waals surface area contributed by atoms with Gasteiger partial charge in [0.25, 0.3) is 5.56 Å². The topological polar surface area (TPSA) is 73.3 Å². The van der Waals surface area contributed by atoms with E-state index in [1.165, 1.54) is 19.2 Å². The van der Waals surface area contributed by atoms with Crippen LogP contribution in [0.2, 0.25) is 0 Å². The predicted molar refractivity (Wildman–Crippen MR) is 93.0 cm³/mol. The molecule has 2 atom stereocenters. The number of nitrogens with zero attached hydrogens (tertiary/aromatic N) is 3. The van der Waals surface area contributed by atoms with Crippen LogP contribution in [0.25, 0.3) is 0 Å². The minimum Gasteiger partial charge on any atom is -0.394 e. The Hall–Kier alpha value is -2.57. The van der Waals surface area contributed by atoms with E-state index in [4.69, 9.17) is 5.73 Å². The molecule has 25 heavy (non-hydrogen) atoms. The molecule has 7 heteroatoms. The van der Waals surface area contributed by atoms with Crippen LogP contribution in [0.3, 0.4) is 0 Å². The van der Waals surface area contributed by atoms with Crippen LogP contribution < -0.4 is 11.3 Å². The molecule has 1 aliphatic rings. The van der Waals surface area contributed by atoms with Gasteiger partial charge in [-0.05, 0) is 19.4 Å². The number of aromatic nitrogens is 2. The molecule has 1 aromatic carbocycles. The zero-order chi connectivity index (χ0) is 18.2. The first-order valence-corrected chi connectivity index (χ1v) is 8.18. The second kappa shape index (κ2) is 6.38. The number of benzene rings is 1. The normalized spacial score (nSPS) is 22.9. The van der Waals surface area contributed by atoms with Crippen molar-refractivity contribution in [2.45, 2.75) is 44.9 Å². The highest BCUT2D eigenvalue weighted by Crippen LogP contribution is 2.49. The van der Waals surface area contributed by atoms with Gasteiger partial charge in [0.2, 0.25) is 0 Å². The van der Waals surface area contributed by atoms with E-state index < -0.39 is 17.3 Å². The smallest absolute Gasteiger partial charge is 0.290 e. The van der Waals surface area contributed by atoms with E-state index in [0.717, 1.165) is 4.68 Å². The van der Waals surface area contributed by atoms with Gasteiger partial charge >= 0.3 is 0 Å². The lowest BCUT2D eigenvalue weighted by Crippen LogP contribution is -2.29. The van der Waals surface area contributed by atoms with E-state index in [-0.39, 0.29) is 24.5 Å². The molecule has 132 valence electrons. The van der Waals surface area contributed by atoms with Crippen LogP contribution in [0.5, 0.6) is 0 Å². The molecular weight excluding hydrogens is 326 g/mol. The molecule has 0 aliphatic heterocycles. The minimum atomic E-state index is -1.42. The number of halogens is 2. The molecular formula is C18H20F2N4O. The summed E-state index contributed by atoms with van der Waals surface area (Å²) < 4.78 is 28.6. The molecule has 3 rings (SSSR count). The van der Waals surface area contributed by atoms with Gasteiger partial charge in [0, 0.05) is 23.3 Å². The van der Waals surface area contributed by atoms with Crippen LogP contribution in [0.1, 0.15) is 43.9 Å². The number of nitrogens with two attached hydrogens (primary N) is 1. The van der Waals surface area contributed by atoms with Crippen molar-refractivity contribution in [3.63, 3.8) is 0 Å². The molecule has 0 radical (unpaired) electrons. The highest BCUT2D eigenvalue weighted by atomic mass is 19.1. The Morgan fingerprint density at radius 1 is 1.48 bits per heavy atom. The molecule has 2 N–H and O–H groups in total. The zero-order valence-electron chi connectivity index (χ0n) is 14.2. The fourth-order valence-electron chi connectivity index (χ4n) is 2.79. The molecule has 0 spiro atoms. The molecule has 2 unspecified atom stereocenters. The van der Waals surface area contributed by atoms with E-state index in [9.17, 15) is 13.6 Å². The van der Waals surface area contributed by atoms with Crippen LogP contribution in [-0.4, -0.2) is 21.2 Å². The minimum absolute atomic E-state index is 0.00756. The van der Waals surface area contributed by atoms with Crippen molar-refractivity contribution in [3.8, 4) is 0 Å². The summed E-state index contributed by atoms with van der Waals surface area (Å²) >= 11 is 0. The van der Waals surface area contributed by atoms with E-state index in [1.54, 1.807) is 18.2 Å². The van der Waals surface area contributed by atoms with Gasteiger partial charge < -0.3 is 5.73 Å². The van der Waals surface area contributed by atoms with Crippen molar-refractivity contribution in [1.29, 1.82) is 0 Å². The van der Waals surface area contributed by atoms with Crippen molar-refractivity contribution >= 4 is 11.4 Å². The number of nitrogen functional groups attached to an aromatic ring is 1. The molecule has 0 amide bonds. The molecule has 5 nitrogen and oxygen atoms in total. The summed E-state index contributed by atoms with van der Waals surface area (Å²) in [6.07, 6.45) is 2.20. The summed E-state index contributed by atoms with van der Waals surface area (Å²) in [7, 11) is 0. The number of hydrogen-bond acceptors (Lipinski definition) is 4. The first kappa shape index (κ1) is 17.3. The monoisotopic (exact) mass is 346 g/mol. The lowest BCUT2D eigenvalue weighted by atomic mass is 10.1. The Balaban J connectivity index is 1.91. The third kappa shape index (κ3) is 3.31. The van der Waals surface area contributed by atoms with Crippen LogP contribution in [0.4, 0.5) is 14.5 Å². The molecule has 1 aromatic heterocycles. The summed E-state index contributed by atoms with van der Waals surface area (Å²) in [4.78, 5) is 16.8. The third-order valence-electron chi connectivity index (χ3n) is 4.51. The largest absolute Gasteiger partial charge is 0.394 e. The summed E-state index contributed by atoms with van der Waals surface area (Å²) in [5, 5.41) is 4.07. The van der Waals surface area contributed by atoms with Gasteiger partial charge in [-0.2, -0.15) is 5.10 Å². The van der Waals surface area contributed by atoms with Crippen LogP contribution in [0, 0.1) is 5.82 Å². The number of rotatable bonds is 5. The highest BCUT2D eigenvalue weighted by molar-refractivity contribution is 6.04. The van der Waals surface area contributed by atoms with Crippen molar-refractivity contribution in [2.24, 2.45) is 4.99 Å². The Bertz CT molecular complexity index is 889. The van der Waals surface area contributed by atoms with Crippen LogP contribution in [0.15, 0.2) is 40.2 Å². The van der Waals surface area contributed by atoms with E-state index in [0.29, 0.717) is 23.3 Å². The van der Waals surface area contributed by atoms with E-state index >= 15 is 0 Å².